The van der Waals surface area contributed by atoms with E-state index in [1.54, 1.807) is 11.3 Å². The van der Waals surface area contributed by atoms with Gasteiger partial charge in [-0.15, -0.1) is 0 Å². The molecule has 3 atom stereocenters. The van der Waals surface area contributed by atoms with Crippen molar-refractivity contribution >= 4 is 17.2 Å². The van der Waals surface area contributed by atoms with Crippen LogP contribution in [0.1, 0.15) is 48.1 Å². The molecule has 1 aromatic heterocycles. The van der Waals surface area contributed by atoms with Gasteiger partial charge in [0, 0.05) is 25.6 Å². The summed E-state index contributed by atoms with van der Waals surface area (Å²) in [5.41, 5.74) is 6.62. The third-order valence-corrected chi connectivity index (χ3v) is 7.29. The van der Waals surface area contributed by atoms with Gasteiger partial charge in [0.25, 0.3) is 0 Å². The monoisotopic (exact) mass is 484 g/mol. The molecule has 1 aliphatic carbocycles. The number of aliphatic hydroxyl groups is 1. The van der Waals surface area contributed by atoms with E-state index in [1.807, 2.05) is 0 Å². The molecule has 0 fully saturated rings. The van der Waals surface area contributed by atoms with E-state index >= 15 is 0 Å². The molecule has 3 N–H and O–H groups in total. The highest BCUT2D eigenvalue weighted by Gasteiger charge is 2.25. The Morgan fingerprint density at radius 3 is 2.62 bits per heavy atom. The lowest BCUT2D eigenvalue weighted by molar-refractivity contribution is -0.120. The van der Waals surface area contributed by atoms with Gasteiger partial charge in [0.15, 0.2) is 0 Å². The standard InChI is InChI=1S/C27H30F2N2O2S/c1-16-14-34-15-24(16)20-7-6-19-4-3-5-25(23(19)11-20)30-13-27(33)26(31-17(2)32)10-18-8-21(28)12-22(29)9-18/h6-9,11-12,14-15,25-27,30,33H,3-5,10,13H2,1-2H3,(H,31,32). The Hall–Kier alpha value is -2.61. The van der Waals surface area contributed by atoms with Crippen LogP contribution in [0, 0.1) is 18.6 Å². The first kappa shape index (κ1) is 24.5. The molecule has 3 unspecified atom stereocenters. The highest BCUT2D eigenvalue weighted by atomic mass is 32.1. The molecule has 0 radical (unpaired) electrons. The summed E-state index contributed by atoms with van der Waals surface area (Å²) in [6.45, 7) is 3.73. The van der Waals surface area contributed by atoms with E-state index in [0.717, 1.165) is 25.3 Å². The van der Waals surface area contributed by atoms with Gasteiger partial charge < -0.3 is 15.7 Å². The van der Waals surface area contributed by atoms with Crippen molar-refractivity contribution in [2.75, 3.05) is 6.54 Å². The van der Waals surface area contributed by atoms with Gasteiger partial charge in [0.2, 0.25) is 5.91 Å². The van der Waals surface area contributed by atoms with E-state index in [1.165, 1.54) is 46.9 Å². The number of nitrogens with one attached hydrogen (secondary N) is 2. The molecule has 0 saturated heterocycles. The van der Waals surface area contributed by atoms with E-state index in [0.29, 0.717) is 5.56 Å². The summed E-state index contributed by atoms with van der Waals surface area (Å²) in [4.78, 5) is 11.7. The van der Waals surface area contributed by atoms with Crippen molar-refractivity contribution in [3.05, 3.63) is 81.0 Å². The molecule has 1 heterocycles. The fourth-order valence-electron chi connectivity index (χ4n) is 4.77. The summed E-state index contributed by atoms with van der Waals surface area (Å²) in [7, 11) is 0. The summed E-state index contributed by atoms with van der Waals surface area (Å²) >= 11 is 1.69. The van der Waals surface area contributed by atoms with E-state index in [9.17, 15) is 18.7 Å². The lowest BCUT2D eigenvalue weighted by Crippen LogP contribution is -2.48. The van der Waals surface area contributed by atoms with Crippen LogP contribution in [0.4, 0.5) is 8.78 Å². The van der Waals surface area contributed by atoms with Gasteiger partial charge in [-0.05, 0) is 94.9 Å². The first-order valence-corrected chi connectivity index (χ1v) is 12.5. The summed E-state index contributed by atoms with van der Waals surface area (Å²) in [6, 6.07) is 9.29. The van der Waals surface area contributed by atoms with Gasteiger partial charge in [0.1, 0.15) is 11.6 Å². The molecule has 2 aromatic carbocycles. The number of fused-ring (bicyclic) bond motifs is 1. The first-order valence-electron chi connectivity index (χ1n) is 11.6. The van der Waals surface area contributed by atoms with Gasteiger partial charge >= 0.3 is 0 Å². The number of benzene rings is 2. The number of thiophene rings is 1. The molecule has 3 aromatic rings. The van der Waals surface area contributed by atoms with Crippen LogP contribution in [0.2, 0.25) is 0 Å². The van der Waals surface area contributed by atoms with Gasteiger partial charge in [0.05, 0.1) is 12.1 Å². The van der Waals surface area contributed by atoms with Crippen molar-refractivity contribution in [1.29, 1.82) is 0 Å². The van der Waals surface area contributed by atoms with Crippen molar-refractivity contribution in [3.63, 3.8) is 0 Å². The predicted octanol–water partition coefficient (Wildman–Crippen LogP) is 5.08. The lowest BCUT2D eigenvalue weighted by Gasteiger charge is -2.30. The number of hydrogen-bond acceptors (Lipinski definition) is 4. The second kappa shape index (κ2) is 10.8. The Bertz CT molecular complexity index is 1140. The zero-order valence-electron chi connectivity index (χ0n) is 19.4. The number of carbonyl (C=O) groups excluding carboxylic acids is 1. The maximum absolute atomic E-state index is 13.6. The summed E-state index contributed by atoms with van der Waals surface area (Å²) in [6.07, 6.45) is 2.22. The van der Waals surface area contributed by atoms with Crippen LogP contribution in [0.15, 0.2) is 47.2 Å². The fraction of sp³-hybridized carbons (Fsp3) is 0.370. The second-order valence-electron chi connectivity index (χ2n) is 9.09. The van der Waals surface area contributed by atoms with Crippen molar-refractivity contribution in [3.8, 4) is 11.1 Å². The SMILES string of the molecule is CC(=O)NC(Cc1cc(F)cc(F)c1)C(O)CNC1CCCc2ccc(-c3cscc3C)cc21. The molecule has 7 heteroatoms. The minimum Gasteiger partial charge on any atom is -0.390 e. The van der Waals surface area contributed by atoms with E-state index < -0.39 is 23.8 Å². The van der Waals surface area contributed by atoms with Gasteiger partial charge in [-0.2, -0.15) is 11.3 Å². The number of carbonyl (C=O) groups is 1. The summed E-state index contributed by atoms with van der Waals surface area (Å²) < 4.78 is 27.3. The van der Waals surface area contributed by atoms with Crippen molar-refractivity contribution in [2.24, 2.45) is 0 Å². The Morgan fingerprint density at radius 1 is 1.18 bits per heavy atom. The topological polar surface area (TPSA) is 61.4 Å². The molecular formula is C27H30F2N2O2S. The molecule has 180 valence electrons. The van der Waals surface area contributed by atoms with Crippen LogP contribution < -0.4 is 10.6 Å². The van der Waals surface area contributed by atoms with Crippen molar-refractivity contribution in [1.82, 2.24) is 10.6 Å². The molecule has 0 bridgehead atoms. The summed E-state index contributed by atoms with van der Waals surface area (Å²) in [5, 5.41) is 21.4. The Balaban J connectivity index is 1.48. The highest BCUT2D eigenvalue weighted by molar-refractivity contribution is 7.08. The maximum Gasteiger partial charge on any atom is 0.217 e. The molecule has 1 aliphatic rings. The fourth-order valence-corrected chi connectivity index (χ4v) is 5.62. The number of rotatable bonds is 8. The smallest absolute Gasteiger partial charge is 0.217 e. The number of hydrogen-bond donors (Lipinski definition) is 3. The van der Waals surface area contributed by atoms with Crippen LogP contribution in [0.25, 0.3) is 11.1 Å². The quantitative estimate of drug-likeness (QED) is 0.418. The largest absolute Gasteiger partial charge is 0.390 e. The normalized spacial score (nSPS) is 17.1. The zero-order chi connectivity index (χ0) is 24.2. The van der Waals surface area contributed by atoms with Crippen molar-refractivity contribution < 1.29 is 18.7 Å². The summed E-state index contributed by atoms with van der Waals surface area (Å²) in [5.74, 6) is -1.67. The van der Waals surface area contributed by atoms with Gasteiger partial charge in [-0.3, -0.25) is 4.79 Å². The molecule has 4 nitrogen and oxygen atoms in total. The molecule has 1 amide bonds. The minimum absolute atomic E-state index is 0.0851. The molecule has 4 rings (SSSR count). The number of halogens is 2. The third kappa shape index (κ3) is 5.90. The van der Waals surface area contributed by atoms with Crippen LogP contribution in [-0.2, 0) is 17.6 Å². The zero-order valence-corrected chi connectivity index (χ0v) is 20.2. The third-order valence-electron chi connectivity index (χ3n) is 6.43. The average molecular weight is 485 g/mol. The van der Waals surface area contributed by atoms with Crippen LogP contribution in [0.5, 0.6) is 0 Å². The maximum atomic E-state index is 13.6. The molecule has 0 spiro atoms. The van der Waals surface area contributed by atoms with Gasteiger partial charge in [-0.25, -0.2) is 8.78 Å². The molecule has 0 saturated carbocycles. The minimum atomic E-state index is -0.928. The van der Waals surface area contributed by atoms with Crippen LogP contribution >= 0.6 is 11.3 Å². The number of aryl methyl sites for hydroxylation is 2. The molecular weight excluding hydrogens is 454 g/mol. The Morgan fingerprint density at radius 2 is 1.94 bits per heavy atom. The molecule has 34 heavy (non-hydrogen) atoms. The number of amides is 1. The lowest BCUT2D eigenvalue weighted by atomic mass is 9.85. The average Bonchev–Trinajstić information content (AvgIpc) is 3.21. The predicted molar refractivity (Wildman–Crippen MR) is 132 cm³/mol. The van der Waals surface area contributed by atoms with Crippen LogP contribution in [-0.4, -0.2) is 29.7 Å². The van der Waals surface area contributed by atoms with Crippen LogP contribution in [0.3, 0.4) is 0 Å². The molecule has 0 aliphatic heterocycles. The first-order chi connectivity index (χ1) is 16.3. The van der Waals surface area contributed by atoms with E-state index in [4.69, 9.17) is 0 Å². The van der Waals surface area contributed by atoms with Crippen molar-refractivity contribution in [2.45, 2.75) is 57.7 Å². The number of aliphatic hydroxyl groups excluding tert-OH is 1. The highest BCUT2D eigenvalue weighted by Crippen LogP contribution is 2.35. The second-order valence-corrected chi connectivity index (χ2v) is 9.83. The Kier molecular flexibility index (Phi) is 7.76. The Labute approximate surface area is 203 Å². The van der Waals surface area contributed by atoms with E-state index in [2.05, 4.69) is 46.5 Å². The van der Waals surface area contributed by atoms with Gasteiger partial charge in [-0.1, -0.05) is 12.1 Å². The van der Waals surface area contributed by atoms with E-state index in [-0.39, 0.29) is 24.9 Å².